The zero-order valence-electron chi connectivity index (χ0n) is 15.8. The summed E-state index contributed by atoms with van der Waals surface area (Å²) in [7, 11) is 2.06. The first kappa shape index (κ1) is 19.3. The number of likely N-dealkylation sites (tertiary alicyclic amines) is 1. The van der Waals surface area contributed by atoms with Gasteiger partial charge in [-0.2, -0.15) is 13.9 Å². The molecule has 1 aromatic carbocycles. The SMILES string of the molecule is CN1CCC(n2nc(-c3cccc(OC(F)F)c3)c3ncc(C(=O)O)cc32)CC1. The van der Waals surface area contributed by atoms with Gasteiger partial charge in [0.1, 0.15) is 17.0 Å². The third-order valence-electron chi connectivity index (χ3n) is 5.16. The fourth-order valence-electron chi connectivity index (χ4n) is 3.67. The minimum atomic E-state index is -2.92. The molecule has 0 atom stereocenters. The largest absolute Gasteiger partial charge is 0.478 e. The lowest BCUT2D eigenvalue weighted by atomic mass is 10.1. The molecule has 3 heterocycles. The molecule has 3 aromatic rings. The predicted octanol–water partition coefficient (Wildman–Crippen LogP) is 3.66. The summed E-state index contributed by atoms with van der Waals surface area (Å²) < 4.78 is 31.5. The van der Waals surface area contributed by atoms with Crippen molar-refractivity contribution >= 4 is 17.0 Å². The lowest BCUT2D eigenvalue weighted by molar-refractivity contribution is -0.0498. The molecule has 1 aliphatic heterocycles. The summed E-state index contributed by atoms with van der Waals surface area (Å²) in [5, 5.41) is 14.1. The van der Waals surface area contributed by atoms with E-state index in [0.29, 0.717) is 22.3 Å². The number of halogens is 2. The normalized spacial score (nSPS) is 15.9. The van der Waals surface area contributed by atoms with Crippen molar-refractivity contribution in [2.24, 2.45) is 0 Å². The van der Waals surface area contributed by atoms with Gasteiger partial charge < -0.3 is 14.7 Å². The van der Waals surface area contributed by atoms with E-state index in [1.54, 1.807) is 18.2 Å². The molecule has 0 saturated carbocycles. The number of piperidine rings is 1. The number of ether oxygens (including phenoxy) is 1. The lowest BCUT2D eigenvalue weighted by Crippen LogP contribution is -2.31. The molecule has 4 rings (SSSR count). The minimum absolute atomic E-state index is 0.0293. The Kier molecular flexibility index (Phi) is 5.14. The minimum Gasteiger partial charge on any atom is -0.478 e. The molecule has 7 nitrogen and oxygen atoms in total. The molecule has 29 heavy (non-hydrogen) atoms. The van der Waals surface area contributed by atoms with Crippen LogP contribution in [0.3, 0.4) is 0 Å². The van der Waals surface area contributed by atoms with Crippen LogP contribution in [0.15, 0.2) is 36.5 Å². The number of nitrogens with zero attached hydrogens (tertiary/aromatic N) is 4. The van der Waals surface area contributed by atoms with Gasteiger partial charge in [-0.1, -0.05) is 12.1 Å². The first-order valence-corrected chi connectivity index (χ1v) is 9.27. The number of aromatic carboxylic acids is 1. The van der Waals surface area contributed by atoms with Gasteiger partial charge in [-0.15, -0.1) is 0 Å². The number of hydrogen-bond acceptors (Lipinski definition) is 5. The van der Waals surface area contributed by atoms with E-state index in [4.69, 9.17) is 5.10 Å². The van der Waals surface area contributed by atoms with Crippen LogP contribution >= 0.6 is 0 Å². The highest BCUT2D eigenvalue weighted by molar-refractivity contribution is 5.96. The number of carboxylic acids is 1. The van der Waals surface area contributed by atoms with Gasteiger partial charge in [-0.25, -0.2) is 4.79 Å². The van der Waals surface area contributed by atoms with Crippen LogP contribution in [-0.4, -0.2) is 57.5 Å². The Morgan fingerprint density at radius 3 is 2.72 bits per heavy atom. The molecule has 1 N–H and O–H groups in total. The molecule has 0 aliphatic carbocycles. The molecule has 1 saturated heterocycles. The van der Waals surface area contributed by atoms with E-state index in [1.807, 2.05) is 4.68 Å². The van der Waals surface area contributed by atoms with Crippen LogP contribution in [-0.2, 0) is 0 Å². The number of carbonyl (C=O) groups is 1. The van der Waals surface area contributed by atoms with E-state index < -0.39 is 12.6 Å². The van der Waals surface area contributed by atoms with Gasteiger partial charge in [0.2, 0.25) is 0 Å². The third kappa shape index (κ3) is 3.91. The van der Waals surface area contributed by atoms with Crippen molar-refractivity contribution in [3.8, 4) is 17.0 Å². The highest BCUT2D eigenvalue weighted by atomic mass is 19.3. The molecule has 0 bridgehead atoms. The molecule has 1 fully saturated rings. The van der Waals surface area contributed by atoms with Crippen molar-refractivity contribution in [1.29, 1.82) is 0 Å². The highest BCUT2D eigenvalue weighted by Crippen LogP contribution is 2.33. The van der Waals surface area contributed by atoms with Gasteiger partial charge in [-0.05, 0) is 51.2 Å². The van der Waals surface area contributed by atoms with Crippen LogP contribution in [0.5, 0.6) is 5.75 Å². The fourth-order valence-corrected chi connectivity index (χ4v) is 3.67. The van der Waals surface area contributed by atoms with E-state index in [-0.39, 0.29) is 17.4 Å². The lowest BCUT2D eigenvalue weighted by Gasteiger charge is -2.29. The maximum Gasteiger partial charge on any atom is 0.387 e. The monoisotopic (exact) mass is 402 g/mol. The van der Waals surface area contributed by atoms with Crippen molar-refractivity contribution in [2.75, 3.05) is 20.1 Å². The molecular weight excluding hydrogens is 382 g/mol. The van der Waals surface area contributed by atoms with Crippen molar-refractivity contribution in [3.05, 3.63) is 42.1 Å². The number of benzene rings is 1. The fraction of sp³-hybridized carbons (Fsp3) is 0.350. The second kappa shape index (κ2) is 7.75. The molecule has 152 valence electrons. The molecule has 0 spiro atoms. The number of fused-ring (bicyclic) bond motifs is 1. The Balaban J connectivity index is 1.83. The first-order valence-electron chi connectivity index (χ1n) is 9.27. The van der Waals surface area contributed by atoms with E-state index in [9.17, 15) is 18.7 Å². The summed E-state index contributed by atoms with van der Waals surface area (Å²) in [5.74, 6) is -1.04. The van der Waals surface area contributed by atoms with Gasteiger partial charge in [0.15, 0.2) is 0 Å². The number of carboxylic acid groups (broad SMARTS) is 1. The molecule has 1 aliphatic rings. The number of alkyl halides is 2. The second-order valence-corrected chi connectivity index (χ2v) is 7.13. The van der Waals surface area contributed by atoms with E-state index in [1.165, 1.54) is 18.3 Å². The summed E-state index contributed by atoms with van der Waals surface area (Å²) in [4.78, 5) is 18.0. The molecule has 0 radical (unpaired) electrons. The Bertz CT molecular complexity index is 1050. The van der Waals surface area contributed by atoms with Crippen LogP contribution < -0.4 is 4.74 Å². The molecule has 9 heteroatoms. The average molecular weight is 402 g/mol. The first-order chi connectivity index (χ1) is 13.9. The average Bonchev–Trinajstić information content (AvgIpc) is 3.07. The number of rotatable bonds is 5. The summed E-state index contributed by atoms with van der Waals surface area (Å²) in [6.45, 7) is -1.11. The topological polar surface area (TPSA) is 80.5 Å². The van der Waals surface area contributed by atoms with Crippen LogP contribution in [0.1, 0.15) is 29.2 Å². The Morgan fingerprint density at radius 1 is 1.28 bits per heavy atom. The number of aromatic nitrogens is 3. The highest BCUT2D eigenvalue weighted by Gasteiger charge is 2.24. The number of hydrogen-bond donors (Lipinski definition) is 1. The van der Waals surface area contributed by atoms with Crippen molar-refractivity contribution < 1.29 is 23.4 Å². The van der Waals surface area contributed by atoms with E-state index >= 15 is 0 Å². The van der Waals surface area contributed by atoms with Gasteiger partial charge in [0.25, 0.3) is 0 Å². The van der Waals surface area contributed by atoms with Crippen LogP contribution in [0, 0.1) is 0 Å². The maximum atomic E-state index is 12.6. The Hall–Kier alpha value is -3.07. The van der Waals surface area contributed by atoms with Crippen molar-refractivity contribution in [1.82, 2.24) is 19.7 Å². The summed E-state index contributed by atoms with van der Waals surface area (Å²) in [6, 6.07) is 7.96. The quantitative estimate of drug-likeness (QED) is 0.702. The van der Waals surface area contributed by atoms with Gasteiger partial charge >= 0.3 is 12.6 Å². The Labute approximate surface area is 165 Å². The van der Waals surface area contributed by atoms with Gasteiger partial charge in [0, 0.05) is 11.8 Å². The van der Waals surface area contributed by atoms with Crippen LogP contribution in [0.25, 0.3) is 22.3 Å². The summed E-state index contributed by atoms with van der Waals surface area (Å²) in [5.41, 5.74) is 2.32. The third-order valence-corrected chi connectivity index (χ3v) is 5.16. The smallest absolute Gasteiger partial charge is 0.387 e. The molecule has 0 amide bonds. The molecular formula is C20H20F2N4O3. The summed E-state index contributed by atoms with van der Waals surface area (Å²) >= 11 is 0. The standard InChI is InChI=1S/C20H20F2N4O3/c1-25-7-5-14(6-8-25)26-16-10-13(19(27)28)11-23-18(16)17(24-26)12-3-2-4-15(9-12)29-20(21)22/h2-4,9-11,14,20H,5-8H2,1H3,(H,27,28). The van der Waals surface area contributed by atoms with E-state index in [2.05, 4.69) is 21.7 Å². The van der Waals surface area contributed by atoms with E-state index in [0.717, 1.165) is 25.9 Å². The Morgan fingerprint density at radius 2 is 2.03 bits per heavy atom. The second-order valence-electron chi connectivity index (χ2n) is 7.13. The zero-order chi connectivity index (χ0) is 20.5. The maximum absolute atomic E-state index is 12.6. The van der Waals surface area contributed by atoms with Crippen LogP contribution in [0.2, 0.25) is 0 Å². The van der Waals surface area contributed by atoms with Crippen LogP contribution in [0.4, 0.5) is 8.78 Å². The molecule has 0 unspecified atom stereocenters. The molecule has 2 aromatic heterocycles. The van der Waals surface area contributed by atoms with Crippen molar-refractivity contribution in [2.45, 2.75) is 25.5 Å². The van der Waals surface area contributed by atoms with Gasteiger partial charge in [0.05, 0.1) is 17.1 Å². The number of pyridine rings is 1. The summed E-state index contributed by atoms with van der Waals surface area (Å²) in [6.07, 6.45) is 3.03. The van der Waals surface area contributed by atoms with Crippen molar-refractivity contribution in [3.63, 3.8) is 0 Å². The van der Waals surface area contributed by atoms with Gasteiger partial charge in [-0.3, -0.25) is 9.67 Å². The zero-order valence-corrected chi connectivity index (χ0v) is 15.8. The predicted molar refractivity (Wildman–Crippen MR) is 102 cm³/mol.